The third-order valence-electron chi connectivity index (χ3n) is 2.52. The molecule has 21 heavy (non-hydrogen) atoms. The van der Waals surface area contributed by atoms with Crippen LogP contribution in [0.4, 0.5) is 0 Å². The number of benzene rings is 1. The Bertz CT molecular complexity index is 768. The van der Waals surface area contributed by atoms with Crippen molar-refractivity contribution in [2.45, 2.75) is 11.3 Å². The first-order valence-corrected chi connectivity index (χ1v) is 10.0. The third kappa shape index (κ3) is 5.14. The summed E-state index contributed by atoms with van der Waals surface area (Å²) in [5.41, 5.74) is -0.386. The number of carboxylic acid groups (broad SMARTS) is 1. The van der Waals surface area contributed by atoms with Gasteiger partial charge in [0.2, 0.25) is 0 Å². The molecule has 0 fully saturated rings. The van der Waals surface area contributed by atoms with Crippen molar-refractivity contribution >= 4 is 48.8 Å². The van der Waals surface area contributed by atoms with Crippen LogP contribution >= 0.6 is 23.2 Å². The molecule has 10 heteroatoms. The SMILES string of the molecule is CS(=O)(=O)CCCS(=O)(=O)c1cc(C(=O)O)c(Cl)cc1Cl. The van der Waals surface area contributed by atoms with E-state index in [1.54, 1.807) is 0 Å². The van der Waals surface area contributed by atoms with Gasteiger partial charge in [0.25, 0.3) is 0 Å². The molecule has 0 heterocycles. The van der Waals surface area contributed by atoms with Crippen LogP contribution in [0.3, 0.4) is 0 Å². The Labute approximate surface area is 132 Å². The van der Waals surface area contributed by atoms with Crippen LogP contribution in [0.5, 0.6) is 0 Å². The van der Waals surface area contributed by atoms with Gasteiger partial charge >= 0.3 is 5.97 Å². The lowest BCUT2D eigenvalue weighted by molar-refractivity contribution is 0.0697. The van der Waals surface area contributed by atoms with E-state index in [-0.39, 0.29) is 32.7 Å². The summed E-state index contributed by atoms with van der Waals surface area (Å²) in [6, 6.07) is 1.92. The molecule has 1 aromatic rings. The first-order chi connectivity index (χ1) is 9.44. The van der Waals surface area contributed by atoms with Crippen molar-refractivity contribution in [1.82, 2.24) is 0 Å². The van der Waals surface area contributed by atoms with E-state index >= 15 is 0 Å². The van der Waals surface area contributed by atoms with Crippen molar-refractivity contribution in [1.29, 1.82) is 0 Å². The normalized spacial score (nSPS) is 12.3. The van der Waals surface area contributed by atoms with E-state index < -0.39 is 31.4 Å². The van der Waals surface area contributed by atoms with E-state index in [9.17, 15) is 21.6 Å². The molecule has 0 atom stereocenters. The van der Waals surface area contributed by atoms with E-state index in [0.717, 1.165) is 18.4 Å². The second kappa shape index (κ2) is 6.51. The van der Waals surface area contributed by atoms with Crippen molar-refractivity contribution < 1.29 is 26.7 Å². The van der Waals surface area contributed by atoms with E-state index in [1.807, 2.05) is 0 Å². The summed E-state index contributed by atoms with van der Waals surface area (Å²) in [7, 11) is -7.18. The molecule has 0 spiro atoms. The smallest absolute Gasteiger partial charge is 0.337 e. The van der Waals surface area contributed by atoms with E-state index in [2.05, 4.69) is 0 Å². The molecule has 1 N–H and O–H groups in total. The summed E-state index contributed by atoms with van der Waals surface area (Å²) in [5, 5.41) is 8.55. The summed E-state index contributed by atoms with van der Waals surface area (Å²) >= 11 is 11.5. The minimum absolute atomic E-state index is 0.109. The third-order valence-corrected chi connectivity index (χ3v) is 6.12. The molecular formula is C11H12Cl2O6S2. The zero-order valence-electron chi connectivity index (χ0n) is 10.8. The number of halogens is 2. The number of sulfone groups is 2. The Morgan fingerprint density at radius 3 is 2.14 bits per heavy atom. The lowest BCUT2D eigenvalue weighted by Gasteiger charge is -2.08. The van der Waals surface area contributed by atoms with Crippen LogP contribution in [0.1, 0.15) is 16.8 Å². The highest BCUT2D eigenvalue weighted by Gasteiger charge is 2.22. The average molecular weight is 375 g/mol. The number of aromatic carboxylic acids is 1. The number of carboxylic acids is 1. The predicted octanol–water partition coefficient (Wildman–Crippen LogP) is 1.90. The second-order valence-corrected chi connectivity index (χ2v) is 9.52. The Morgan fingerprint density at radius 2 is 1.67 bits per heavy atom. The zero-order chi connectivity index (χ0) is 16.4. The van der Waals surface area contributed by atoms with Crippen LogP contribution in [0.25, 0.3) is 0 Å². The van der Waals surface area contributed by atoms with Gasteiger partial charge in [0.1, 0.15) is 9.84 Å². The molecule has 0 radical (unpaired) electrons. The minimum atomic E-state index is -3.90. The summed E-state index contributed by atoms with van der Waals surface area (Å²) < 4.78 is 46.2. The maximum absolute atomic E-state index is 12.1. The van der Waals surface area contributed by atoms with Crippen LogP contribution in [0.2, 0.25) is 10.0 Å². The van der Waals surface area contributed by atoms with Crippen LogP contribution in [0.15, 0.2) is 17.0 Å². The Hall–Kier alpha value is -0.830. The Balaban J connectivity index is 3.14. The van der Waals surface area contributed by atoms with Gasteiger partial charge in [-0.15, -0.1) is 0 Å². The number of carbonyl (C=O) groups is 1. The molecule has 0 saturated carbocycles. The lowest BCUT2D eigenvalue weighted by atomic mass is 10.2. The van der Waals surface area contributed by atoms with Crippen LogP contribution in [-0.2, 0) is 19.7 Å². The first kappa shape index (κ1) is 18.2. The van der Waals surface area contributed by atoms with Crippen LogP contribution < -0.4 is 0 Å². The summed E-state index contributed by atoms with van der Waals surface area (Å²) in [6.45, 7) is 0. The Morgan fingerprint density at radius 1 is 1.10 bits per heavy atom. The van der Waals surface area contributed by atoms with Crippen molar-refractivity contribution in [3.8, 4) is 0 Å². The summed E-state index contributed by atoms with van der Waals surface area (Å²) in [6.07, 6.45) is 0.889. The monoisotopic (exact) mass is 374 g/mol. The molecule has 118 valence electrons. The Kier molecular flexibility index (Phi) is 5.65. The topological polar surface area (TPSA) is 106 Å². The second-order valence-electron chi connectivity index (χ2n) is 4.37. The highest BCUT2D eigenvalue weighted by molar-refractivity contribution is 7.92. The van der Waals surface area contributed by atoms with Gasteiger partial charge in [-0.2, -0.15) is 0 Å². The van der Waals surface area contributed by atoms with Gasteiger partial charge < -0.3 is 5.11 Å². The molecule has 0 aliphatic heterocycles. The van der Waals surface area contributed by atoms with Gasteiger partial charge in [-0.25, -0.2) is 21.6 Å². The molecule has 0 amide bonds. The molecule has 6 nitrogen and oxygen atoms in total. The van der Waals surface area contributed by atoms with Crippen molar-refractivity contribution in [2.24, 2.45) is 0 Å². The van der Waals surface area contributed by atoms with Crippen molar-refractivity contribution in [3.05, 3.63) is 27.7 Å². The van der Waals surface area contributed by atoms with Crippen molar-refractivity contribution in [2.75, 3.05) is 17.8 Å². The maximum Gasteiger partial charge on any atom is 0.337 e. The summed E-state index contributed by atoms with van der Waals surface area (Å²) in [5.74, 6) is -2.13. The molecule has 0 aromatic heterocycles. The molecule has 1 aromatic carbocycles. The standard InChI is InChI=1S/C11H12Cl2O6S2/c1-20(16,17)3-2-4-21(18,19)10-5-7(11(14)15)8(12)6-9(10)13/h5-6H,2-4H2,1H3,(H,14,15). The lowest BCUT2D eigenvalue weighted by Crippen LogP contribution is -2.13. The fraction of sp³-hybridized carbons (Fsp3) is 0.364. The average Bonchev–Trinajstić information content (AvgIpc) is 2.25. The quantitative estimate of drug-likeness (QED) is 0.814. The fourth-order valence-corrected chi connectivity index (χ4v) is 4.62. The summed E-state index contributed by atoms with van der Waals surface area (Å²) in [4.78, 5) is 10.6. The van der Waals surface area contributed by atoms with Gasteiger partial charge in [-0.05, 0) is 18.6 Å². The predicted molar refractivity (Wildman–Crippen MR) is 79.8 cm³/mol. The van der Waals surface area contributed by atoms with Crippen LogP contribution in [0, 0.1) is 0 Å². The zero-order valence-corrected chi connectivity index (χ0v) is 14.0. The number of hydrogen-bond acceptors (Lipinski definition) is 5. The largest absolute Gasteiger partial charge is 0.478 e. The highest BCUT2D eigenvalue weighted by atomic mass is 35.5. The fourth-order valence-electron chi connectivity index (χ4n) is 1.55. The van der Waals surface area contributed by atoms with Gasteiger partial charge in [0.15, 0.2) is 9.84 Å². The van der Waals surface area contributed by atoms with E-state index in [1.165, 1.54) is 0 Å². The molecule has 1 rings (SSSR count). The van der Waals surface area contributed by atoms with Gasteiger partial charge in [-0.3, -0.25) is 0 Å². The molecule has 0 bridgehead atoms. The van der Waals surface area contributed by atoms with Crippen LogP contribution in [-0.4, -0.2) is 45.7 Å². The number of hydrogen-bond donors (Lipinski definition) is 1. The molecule has 0 aliphatic carbocycles. The number of rotatable bonds is 6. The minimum Gasteiger partial charge on any atom is -0.478 e. The van der Waals surface area contributed by atoms with E-state index in [0.29, 0.717) is 0 Å². The van der Waals surface area contributed by atoms with Gasteiger partial charge in [-0.1, -0.05) is 23.2 Å². The molecular weight excluding hydrogens is 363 g/mol. The molecule has 0 unspecified atom stereocenters. The highest BCUT2D eigenvalue weighted by Crippen LogP contribution is 2.29. The van der Waals surface area contributed by atoms with Gasteiger partial charge in [0, 0.05) is 6.26 Å². The van der Waals surface area contributed by atoms with Crippen molar-refractivity contribution in [3.63, 3.8) is 0 Å². The first-order valence-electron chi connectivity index (χ1n) is 5.57. The maximum atomic E-state index is 12.1. The molecule has 0 saturated heterocycles. The van der Waals surface area contributed by atoms with E-state index in [4.69, 9.17) is 28.3 Å². The van der Waals surface area contributed by atoms with Gasteiger partial charge in [0.05, 0.1) is 32.0 Å². The molecule has 0 aliphatic rings.